The number of fused-ring (bicyclic) bond motifs is 1. The van der Waals surface area contributed by atoms with Gasteiger partial charge in [0.1, 0.15) is 0 Å². The molecule has 0 radical (unpaired) electrons. The van der Waals surface area contributed by atoms with Gasteiger partial charge in [-0.2, -0.15) is 0 Å². The van der Waals surface area contributed by atoms with E-state index in [0.717, 1.165) is 0 Å². The molecule has 1 aliphatic rings. The van der Waals surface area contributed by atoms with Crippen LogP contribution in [0.15, 0.2) is 18.2 Å². The van der Waals surface area contributed by atoms with Crippen LogP contribution in [0.3, 0.4) is 0 Å². The number of aromatic amines is 1. The molecule has 2 atom stereocenters. The number of halogens is 2. The molecular formula is C15H18F2N4O2. The molecule has 0 unspecified atom stereocenters. The number of alkyl halides is 2. The number of urea groups is 1. The van der Waals surface area contributed by atoms with Gasteiger partial charge in [0.05, 0.1) is 29.8 Å². The Kier molecular flexibility index (Phi) is 4.16. The highest BCUT2D eigenvalue weighted by Gasteiger charge is 2.29. The van der Waals surface area contributed by atoms with E-state index in [1.54, 1.807) is 23.1 Å². The van der Waals surface area contributed by atoms with Gasteiger partial charge in [-0.05, 0) is 32.0 Å². The van der Waals surface area contributed by atoms with Crippen molar-refractivity contribution in [1.29, 1.82) is 0 Å². The first kappa shape index (κ1) is 15.7. The molecule has 0 aliphatic carbocycles. The molecule has 6 nitrogen and oxygen atoms in total. The monoisotopic (exact) mass is 324 g/mol. The largest absolute Gasteiger partial charge is 0.375 e. The first-order valence-electron chi connectivity index (χ1n) is 7.42. The average molecular weight is 324 g/mol. The molecule has 0 spiro atoms. The van der Waals surface area contributed by atoms with Gasteiger partial charge in [-0.3, -0.25) is 0 Å². The van der Waals surface area contributed by atoms with E-state index in [1.807, 2.05) is 13.8 Å². The van der Waals surface area contributed by atoms with Crippen molar-refractivity contribution in [3.63, 3.8) is 0 Å². The number of H-pyrrole nitrogens is 1. The predicted octanol–water partition coefficient (Wildman–Crippen LogP) is 3.14. The van der Waals surface area contributed by atoms with Crippen molar-refractivity contribution >= 4 is 22.8 Å². The number of carbonyl (C=O) groups excluding carboxylic acids is 1. The van der Waals surface area contributed by atoms with Crippen molar-refractivity contribution in [2.24, 2.45) is 0 Å². The molecule has 0 saturated carbocycles. The Labute approximate surface area is 131 Å². The van der Waals surface area contributed by atoms with E-state index >= 15 is 0 Å². The summed E-state index contributed by atoms with van der Waals surface area (Å²) in [5.74, 6) is -0.376. The van der Waals surface area contributed by atoms with Gasteiger partial charge in [-0.1, -0.05) is 0 Å². The summed E-state index contributed by atoms with van der Waals surface area (Å²) < 4.78 is 30.8. The number of benzene rings is 1. The van der Waals surface area contributed by atoms with Gasteiger partial charge in [-0.15, -0.1) is 0 Å². The molecule has 0 bridgehead atoms. The van der Waals surface area contributed by atoms with Crippen molar-refractivity contribution in [3.8, 4) is 0 Å². The van der Waals surface area contributed by atoms with Gasteiger partial charge in [0.2, 0.25) is 0 Å². The lowest BCUT2D eigenvalue weighted by Crippen LogP contribution is -2.52. The zero-order valence-electron chi connectivity index (χ0n) is 12.8. The lowest BCUT2D eigenvalue weighted by Gasteiger charge is -2.37. The summed E-state index contributed by atoms with van der Waals surface area (Å²) >= 11 is 0. The molecule has 1 saturated heterocycles. The highest BCUT2D eigenvalue weighted by molar-refractivity contribution is 5.92. The molecule has 8 heteroatoms. The van der Waals surface area contributed by atoms with Crippen LogP contribution >= 0.6 is 0 Å². The number of ether oxygens (including phenoxy) is 1. The summed E-state index contributed by atoms with van der Waals surface area (Å²) in [6, 6.07) is 4.56. The third-order valence-corrected chi connectivity index (χ3v) is 4.10. The third-order valence-electron chi connectivity index (χ3n) is 4.10. The summed E-state index contributed by atoms with van der Waals surface area (Å²) in [6.07, 6.45) is -2.69. The van der Waals surface area contributed by atoms with Crippen molar-refractivity contribution in [2.45, 2.75) is 32.4 Å². The number of nitrogens with zero attached hydrogens (tertiary/aromatic N) is 2. The molecule has 2 amide bonds. The normalized spacial score (nSPS) is 21.9. The number of hydrogen-bond acceptors (Lipinski definition) is 3. The van der Waals surface area contributed by atoms with Crippen LogP contribution < -0.4 is 5.32 Å². The van der Waals surface area contributed by atoms with E-state index in [1.165, 1.54) is 0 Å². The van der Waals surface area contributed by atoms with Gasteiger partial charge in [0.25, 0.3) is 6.43 Å². The van der Waals surface area contributed by atoms with E-state index in [2.05, 4.69) is 15.3 Å². The molecule has 2 aromatic rings. The zero-order valence-corrected chi connectivity index (χ0v) is 12.8. The van der Waals surface area contributed by atoms with Crippen molar-refractivity contribution in [1.82, 2.24) is 14.9 Å². The Balaban J connectivity index is 1.76. The molecular weight excluding hydrogens is 306 g/mol. The van der Waals surface area contributed by atoms with Gasteiger partial charge in [-0.25, -0.2) is 18.6 Å². The lowest BCUT2D eigenvalue weighted by atomic mass is 10.1. The summed E-state index contributed by atoms with van der Waals surface area (Å²) in [5.41, 5.74) is 1.42. The van der Waals surface area contributed by atoms with Crippen LogP contribution in [0, 0.1) is 0 Å². The first-order valence-corrected chi connectivity index (χ1v) is 7.42. The maximum absolute atomic E-state index is 12.7. The fraction of sp³-hybridized carbons (Fsp3) is 0.467. The number of aromatic nitrogens is 2. The molecule has 2 heterocycles. The van der Waals surface area contributed by atoms with Crippen LogP contribution in [-0.4, -0.2) is 46.2 Å². The van der Waals surface area contributed by atoms with E-state index in [-0.39, 0.29) is 24.0 Å². The van der Waals surface area contributed by atoms with E-state index in [0.29, 0.717) is 29.9 Å². The summed E-state index contributed by atoms with van der Waals surface area (Å²) in [4.78, 5) is 20.4. The van der Waals surface area contributed by atoms with Gasteiger partial charge in [0, 0.05) is 12.2 Å². The van der Waals surface area contributed by atoms with Gasteiger partial charge >= 0.3 is 6.03 Å². The quantitative estimate of drug-likeness (QED) is 0.891. The molecule has 1 aliphatic heterocycles. The van der Waals surface area contributed by atoms with Gasteiger partial charge in [0.15, 0.2) is 5.82 Å². The zero-order chi connectivity index (χ0) is 16.6. The minimum Gasteiger partial charge on any atom is -0.375 e. The minimum atomic E-state index is -2.66. The summed E-state index contributed by atoms with van der Waals surface area (Å²) in [5, 5.41) is 2.79. The Bertz CT molecular complexity index is 719. The van der Waals surface area contributed by atoms with Crippen molar-refractivity contribution in [2.75, 3.05) is 18.5 Å². The topological polar surface area (TPSA) is 70.2 Å². The summed E-state index contributed by atoms with van der Waals surface area (Å²) in [6.45, 7) is 4.86. The summed E-state index contributed by atoms with van der Waals surface area (Å²) in [7, 11) is 0. The van der Waals surface area contributed by atoms with Crippen LogP contribution in [0.5, 0.6) is 0 Å². The fourth-order valence-electron chi connectivity index (χ4n) is 2.63. The first-order chi connectivity index (χ1) is 11.0. The van der Waals surface area contributed by atoms with Crippen molar-refractivity contribution in [3.05, 3.63) is 24.0 Å². The number of amides is 2. The standard InChI is InChI=1S/C15H18F2N4O2/c1-8-9(2)23-6-5-21(8)15(22)18-10-3-4-11-12(7-10)20-14(19-11)13(16)17/h3-4,7-9,13H,5-6H2,1-2H3,(H,18,22)(H,19,20)/t8-,9-/m1/s1. The second-order valence-corrected chi connectivity index (χ2v) is 5.59. The Morgan fingerprint density at radius 2 is 2.26 bits per heavy atom. The third kappa shape index (κ3) is 3.12. The molecule has 23 heavy (non-hydrogen) atoms. The van der Waals surface area contributed by atoms with Crippen LogP contribution in [-0.2, 0) is 4.74 Å². The lowest BCUT2D eigenvalue weighted by molar-refractivity contribution is -0.0355. The van der Waals surface area contributed by atoms with Crippen LogP contribution in [0.25, 0.3) is 11.0 Å². The van der Waals surface area contributed by atoms with E-state index in [9.17, 15) is 13.6 Å². The molecule has 124 valence electrons. The molecule has 1 aromatic heterocycles. The van der Waals surface area contributed by atoms with Crippen LogP contribution in [0.4, 0.5) is 19.3 Å². The molecule has 3 rings (SSSR count). The Hall–Kier alpha value is -2.22. The second-order valence-electron chi connectivity index (χ2n) is 5.59. The SMILES string of the molecule is C[C@@H]1[C@@H](C)OCCN1C(=O)Nc1ccc2nc(C(F)F)[nH]c2c1. The minimum absolute atomic E-state index is 0.0295. The number of hydrogen-bond donors (Lipinski definition) is 2. The van der Waals surface area contributed by atoms with Crippen molar-refractivity contribution < 1.29 is 18.3 Å². The molecule has 1 fully saturated rings. The molecule has 2 N–H and O–H groups in total. The van der Waals surface area contributed by atoms with Crippen LogP contribution in [0.1, 0.15) is 26.1 Å². The average Bonchev–Trinajstić information content (AvgIpc) is 2.93. The number of anilines is 1. The number of rotatable bonds is 2. The highest BCUT2D eigenvalue weighted by Crippen LogP contribution is 2.23. The number of morpholine rings is 1. The fourth-order valence-corrected chi connectivity index (χ4v) is 2.63. The molecule has 1 aromatic carbocycles. The second kappa shape index (κ2) is 6.11. The number of nitrogens with one attached hydrogen (secondary N) is 2. The smallest absolute Gasteiger partial charge is 0.322 e. The maximum Gasteiger partial charge on any atom is 0.322 e. The highest BCUT2D eigenvalue weighted by atomic mass is 19.3. The Morgan fingerprint density at radius 3 is 3.00 bits per heavy atom. The van der Waals surface area contributed by atoms with Crippen LogP contribution in [0.2, 0.25) is 0 Å². The van der Waals surface area contributed by atoms with Gasteiger partial charge < -0.3 is 19.9 Å². The maximum atomic E-state index is 12.7. The van der Waals surface area contributed by atoms with E-state index < -0.39 is 6.43 Å². The predicted molar refractivity (Wildman–Crippen MR) is 81.7 cm³/mol. The number of carbonyl (C=O) groups is 1. The number of imidazole rings is 1. The Morgan fingerprint density at radius 1 is 1.48 bits per heavy atom. The van der Waals surface area contributed by atoms with E-state index in [4.69, 9.17) is 4.74 Å².